The molecular formula is C22H26N2O8S. The Kier molecular flexibility index (Phi) is 7.13. The van der Waals surface area contributed by atoms with Gasteiger partial charge in [-0.15, -0.1) is 0 Å². The average molecular weight is 479 g/mol. The molecule has 2 N–H and O–H groups in total. The molecule has 0 saturated heterocycles. The Morgan fingerprint density at radius 1 is 1.06 bits per heavy atom. The van der Waals surface area contributed by atoms with E-state index in [1.54, 1.807) is 12.1 Å². The van der Waals surface area contributed by atoms with Gasteiger partial charge in [-0.2, -0.15) is 0 Å². The number of ether oxygens (including phenoxy) is 4. The fourth-order valence-electron chi connectivity index (χ4n) is 3.83. The fraction of sp³-hybridized carbons (Fsp3) is 0.364. The number of esters is 1. The first-order chi connectivity index (χ1) is 15.6. The number of hydrogen-bond acceptors (Lipinski definition) is 8. The van der Waals surface area contributed by atoms with E-state index in [2.05, 4.69) is 0 Å². The molecule has 1 atom stereocenters. The minimum absolute atomic E-state index is 0.0143. The van der Waals surface area contributed by atoms with Crippen molar-refractivity contribution in [1.29, 1.82) is 0 Å². The molecule has 1 unspecified atom stereocenters. The topological polar surface area (TPSA) is 134 Å². The van der Waals surface area contributed by atoms with E-state index in [9.17, 15) is 18.0 Å². The molecule has 0 fully saturated rings. The monoisotopic (exact) mass is 478 g/mol. The lowest BCUT2D eigenvalue weighted by Crippen LogP contribution is -2.38. The highest BCUT2D eigenvalue weighted by Crippen LogP contribution is 2.38. The summed E-state index contributed by atoms with van der Waals surface area (Å²) in [6.07, 6.45) is 0.359. The molecular weight excluding hydrogens is 452 g/mol. The maximum Gasteiger partial charge on any atom is 0.310 e. The van der Waals surface area contributed by atoms with E-state index in [-0.39, 0.29) is 17.4 Å². The van der Waals surface area contributed by atoms with Crippen LogP contribution in [0.3, 0.4) is 0 Å². The Bertz CT molecular complexity index is 1150. The van der Waals surface area contributed by atoms with E-state index in [1.807, 2.05) is 6.92 Å². The van der Waals surface area contributed by atoms with Crippen molar-refractivity contribution in [2.75, 3.05) is 32.8 Å². The number of amides is 1. The third-order valence-electron chi connectivity index (χ3n) is 5.29. The number of anilines is 1. The summed E-state index contributed by atoms with van der Waals surface area (Å²) in [5, 5.41) is 5.19. The van der Waals surface area contributed by atoms with Crippen molar-refractivity contribution in [1.82, 2.24) is 0 Å². The van der Waals surface area contributed by atoms with Crippen LogP contribution in [-0.4, -0.2) is 54.3 Å². The van der Waals surface area contributed by atoms with Crippen LogP contribution >= 0.6 is 0 Å². The number of rotatable bonds is 8. The van der Waals surface area contributed by atoms with Gasteiger partial charge >= 0.3 is 5.97 Å². The minimum atomic E-state index is -3.84. The zero-order chi connectivity index (χ0) is 24.3. The summed E-state index contributed by atoms with van der Waals surface area (Å²) in [6.45, 7) is 1.37. The SMILES string of the molecule is COc1cc(CC(=O)OCC(=O)N2c3ccc(S(N)(=O)=O)cc3CC2C)cc(OC)c1OC. The minimum Gasteiger partial charge on any atom is -0.493 e. The zero-order valence-electron chi connectivity index (χ0n) is 18.8. The summed E-state index contributed by atoms with van der Waals surface area (Å²) in [5.41, 5.74) is 1.82. The molecule has 0 saturated carbocycles. The highest BCUT2D eigenvalue weighted by atomic mass is 32.2. The molecule has 0 spiro atoms. The lowest BCUT2D eigenvalue weighted by atomic mass is 10.1. The number of nitrogens with zero attached hydrogens (tertiary/aromatic N) is 1. The third-order valence-corrected chi connectivity index (χ3v) is 6.20. The molecule has 1 aliphatic rings. The molecule has 0 aliphatic carbocycles. The van der Waals surface area contributed by atoms with E-state index in [1.165, 1.54) is 44.4 Å². The van der Waals surface area contributed by atoms with Crippen molar-refractivity contribution in [2.24, 2.45) is 5.14 Å². The van der Waals surface area contributed by atoms with Gasteiger partial charge in [0.05, 0.1) is 32.6 Å². The van der Waals surface area contributed by atoms with Crippen LogP contribution in [0.2, 0.25) is 0 Å². The molecule has 2 aromatic rings. The molecule has 1 amide bonds. The predicted molar refractivity (Wildman–Crippen MR) is 119 cm³/mol. The molecule has 33 heavy (non-hydrogen) atoms. The van der Waals surface area contributed by atoms with Gasteiger partial charge in [-0.3, -0.25) is 9.59 Å². The molecule has 0 aromatic heterocycles. The molecule has 1 heterocycles. The Morgan fingerprint density at radius 2 is 1.70 bits per heavy atom. The lowest BCUT2D eigenvalue weighted by molar-refractivity contribution is -0.147. The second-order valence-corrected chi connectivity index (χ2v) is 9.08. The Balaban J connectivity index is 1.68. The molecule has 2 aromatic carbocycles. The molecule has 178 valence electrons. The van der Waals surface area contributed by atoms with Crippen LogP contribution in [0.5, 0.6) is 17.2 Å². The van der Waals surface area contributed by atoms with E-state index < -0.39 is 28.5 Å². The van der Waals surface area contributed by atoms with Crippen LogP contribution < -0.4 is 24.2 Å². The molecule has 1 aliphatic heterocycles. The van der Waals surface area contributed by atoms with E-state index in [0.717, 1.165) is 0 Å². The van der Waals surface area contributed by atoms with Crippen molar-refractivity contribution in [2.45, 2.75) is 30.7 Å². The maximum absolute atomic E-state index is 12.8. The normalized spacial score (nSPS) is 15.1. The number of fused-ring (bicyclic) bond motifs is 1. The Hall–Kier alpha value is -3.31. The van der Waals surface area contributed by atoms with Crippen molar-refractivity contribution in [3.05, 3.63) is 41.5 Å². The summed E-state index contributed by atoms with van der Waals surface area (Å²) in [6, 6.07) is 7.39. The third kappa shape index (κ3) is 5.20. The average Bonchev–Trinajstić information content (AvgIpc) is 3.11. The van der Waals surface area contributed by atoms with Gasteiger partial charge in [0, 0.05) is 11.7 Å². The van der Waals surface area contributed by atoms with Crippen molar-refractivity contribution in [3.63, 3.8) is 0 Å². The largest absolute Gasteiger partial charge is 0.493 e. The maximum atomic E-state index is 12.8. The smallest absolute Gasteiger partial charge is 0.310 e. The number of primary sulfonamides is 1. The highest BCUT2D eigenvalue weighted by molar-refractivity contribution is 7.89. The summed E-state index contributed by atoms with van der Waals surface area (Å²) >= 11 is 0. The first-order valence-corrected chi connectivity index (χ1v) is 11.6. The summed E-state index contributed by atoms with van der Waals surface area (Å²) < 4.78 is 44.2. The fourth-order valence-corrected chi connectivity index (χ4v) is 4.40. The summed E-state index contributed by atoms with van der Waals surface area (Å²) in [7, 11) is 0.578. The highest BCUT2D eigenvalue weighted by Gasteiger charge is 2.32. The van der Waals surface area contributed by atoms with Crippen molar-refractivity contribution < 1.29 is 37.0 Å². The van der Waals surface area contributed by atoms with Gasteiger partial charge in [0.15, 0.2) is 18.1 Å². The standard InChI is InChI=1S/C22H26N2O8S/c1-13-7-15-11-16(33(23,27)28)5-6-17(15)24(13)20(25)12-32-21(26)10-14-8-18(29-2)22(31-4)19(9-14)30-3/h5-6,8-9,11,13H,7,10,12H2,1-4H3,(H2,23,27,28). The van der Waals surface area contributed by atoms with Crippen LogP contribution in [0.15, 0.2) is 35.2 Å². The quantitative estimate of drug-likeness (QED) is 0.563. The molecule has 10 nitrogen and oxygen atoms in total. The molecule has 11 heteroatoms. The number of carbonyl (C=O) groups excluding carboxylic acids is 2. The van der Waals surface area contributed by atoms with Crippen LogP contribution in [0.1, 0.15) is 18.1 Å². The second-order valence-electron chi connectivity index (χ2n) is 7.52. The van der Waals surface area contributed by atoms with E-state index in [0.29, 0.717) is 40.5 Å². The van der Waals surface area contributed by atoms with Crippen molar-refractivity contribution in [3.8, 4) is 17.2 Å². The second kappa shape index (κ2) is 9.67. The van der Waals surface area contributed by atoms with Crippen LogP contribution in [0.25, 0.3) is 0 Å². The lowest BCUT2D eigenvalue weighted by Gasteiger charge is -2.22. The van der Waals surface area contributed by atoms with Crippen LogP contribution in [-0.2, 0) is 37.2 Å². The molecule has 0 bridgehead atoms. The van der Waals surface area contributed by atoms with Gasteiger partial charge < -0.3 is 23.8 Å². The van der Waals surface area contributed by atoms with E-state index >= 15 is 0 Å². The number of sulfonamides is 1. The van der Waals surface area contributed by atoms with Crippen molar-refractivity contribution >= 4 is 27.6 Å². The van der Waals surface area contributed by atoms with Gasteiger partial charge in [-0.1, -0.05) is 0 Å². The van der Waals surface area contributed by atoms with Gasteiger partial charge in [-0.25, -0.2) is 13.6 Å². The number of hydrogen-bond donors (Lipinski definition) is 1. The van der Waals surface area contributed by atoms with Crippen LogP contribution in [0.4, 0.5) is 5.69 Å². The zero-order valence-corrected chi connectivity index (χ0v) is 19.6. The first kappa shape index (κ1) is 24.3. The molecule has 0 radical (unpaired) electrons. The molecule has 3 rings (SSSR count). The number of benzene rings is 2. The first-order valence-electron chi connectivity index (χ1n) is 10.0. The van der Waals surface area contributed by atoms with Gasteiger partial charge in [-0.05, 0) is 54.8 Å². The number of nitrogens with two attached hydrogens (primary N) is 1. The predicted octanol–water partition coefficient (Wildman–Crippen LogP) is 1.42. The van der Waals surface area contributed by atoms with Crippen LogP contribution in [0, 0.1) is 0 Å². The summed E-state index contributed by atoms with van der Waals surface area (Å²) in [5.74, 6) is 0.186. The van der Waals surface area contributed by atoms with Gasteiger partial charge in [0.25, 0.3) is 5.91 Å². The van der Waals surface area contributed by atoms with Gasteiger partial charge in [0.2, 0.25) is 15.8 Å². The number of methoxy groups -OCH3 is 3. The Labute approximate surface area is 192 Å². The number of carbonyl (C=O) groups is 2. The van der Waals surface area contributed by atoms with E-state index in [4.69, 9.17) is 24.1 Å². The summed E-state index contributed by atoms with van der Waals surface area (Å²) in [4.78, 5) is 26.7. The Morgan fingerprint density at radius 3 is 2.24 bits per heavy atom. The van der Waals surface area contributed by atoms with Gasteiger partial charge in [0.1, 0.15) is 0 Å².